The predicted molar refractivity (Wildman–Crippen MR) is 75.0 cm³/mol. The second-order valence-corrected chi connectivity index (χ2v) is 7.31. The number of nitrogens with zero attached hydrogens (tertiary/aromatic N) is 1. The Morgan fingerprint density at radius 2 is 1.74 bits per heavy atom. The number of rotatable bonds is 2. The minimum atomic E-state index is -0.599. The van der Waals surface area contributed by atoms with E-state index in [-0.39, 0.29) is 5.92 Å². The Kier molecular flexibility index (Phi) is 3.59. The Bertz CT molecular complexity index is 339. The molecule has 0 radical (unpaired) electrons. The molecule has 0 bridgehead atoms. The molecule has 2 aliphatic carbocycles. The SMILES string of the molecule is CC1CN(C2CCC3(CCCC3)CC2)CC1C(=O)O. The van der Waals surface area contributed by atoms with Crippen LogP contribution in [0.3, 0.4) is 0 Å². The van der Waals surface area contributed by atoms with E-state index in [2.05, 4.69) is 11.8 Å². The van der Waals surface area contributed by atoms with Crippen LogP contribution in [-0.2, 0) is 4.79 Å². The number of aliphatic carboxylic acids is 1. The van der Waals surface area contributed by atoms with Crippen molar-refractivity contribution in [2.24, 2.45) is 17.3 Å². The number of hydrogen-bond donors (Lipinski definition) is 1. The summed E-state index contributed by atoms with van der Waals surface area (Å²) in [7, 11) is 0. The van der Waals surface area contributed by atoms with Crippen LogP contribution in [0.25, 0.3) is 0 Å². The molecular weight excluding hydrogens is 238 g/mol. The van der Waals surface area contributed by atoms with E-state index < -0.39 is 5.97 Å². The average Bonchev–Trinajstić information content (AvgIpc) is 2.98. The number of likely N-dealkylation sites (tertiary alicyclic amines) is 1. The summed E-state index contributed by atoms with van der Waals surface area (Å²) < 4.78 is 0. The van der Waals surface area contributed by atoms with Gasteiger partial charge in [0.25, 0.3) is 0 Å². The molecule has 3 fully saturated rings. The third kappa shape index (κ3) is 2.54. The van der Waals surface area contributed by atoms with Gasteiger partial charge in [-0.05, 0) is 49.9 Å². The summed E-state index contributed by atoms with van der Waals surface area (Å²) in [5.74, 6) is -0.416. The maximum Gasteiger partial charge on any atom is 0.308 e. The summed E-state index contributed by atoms with van der Waals surface area (Å²) in [6, 6.07) is 0.665. The molecule has 1 spiro atoms. The molecular formula is C16H27NO2. The second-order valence-electron chi connectivity index (χ2n) is 7.31. The maximum absolute atomic E-state index is 11.2. The van der Waals surface area contributed by atoms with E-state index in [0.717, 1.165) is 13.1 Å². The number of carboxylic acids is 1. The van der Waals surface area contributed by atoms with Gasteiger partial charge in [-0.15, -0.1) is 0 Å². The van der Waals surface area contributed by atoms with Gasteiger partial charge in [-0.1, -0.05) is 19.8 Å². The fraction of sp³-hybridized carbons (Fsp3) is 0.938. The van der Waals surface area contributed by atoms with Gasteiger partial charge in [0.15, 0.2) is 0 Å². The minimum Gasteiger partial charge on any atom is -0.481 e. The molecule has 1 aliphatic heterocycles. The van der Waals surface area contributed by atoms with E-state index in [9.17, 15) is 9.90 Å². The summed E-state index contributed by atoms with van der Waals surface area (Å²) in [5.41, 5.74) is 0.689. The number of carboxylic acid groups (broad SMARTS) is 1. The van der Waals surface area contributed by atoms with Crippen molar-refractivity contribution in [3.63, 3.8) is 0 Å². The molecule has 1 saturated heterocycles. The fourth-order valence-electron chi connectivity index (χ4n) is 4.83. The summed E-state index contributed by atoms with van der Waals surface area (Å²) in [4.78, 5) is 13.7. The lowest BCUT2D eigenvalue weighted by atomic mass is 9.71. The standard InChI is InChI=1S/C16H27NO2/c1-12-10-17(11-14(12)15(18)19)13-4-8-16(9-5-13)6-2-3-7-16/h12-14H,2-11H2,1H3,(H,18,19). The zero-order valence-corrected chi connectivity index (χ0v) is 12.1. The van der Waals surface area contributed by atoms with E-state index >= 15 is 0 Å². The molecule has 0 amide bonds. The molecule has 108 valence electrons. The van der Waals surface area contributed by atoms with Crippen molar-refractivity contribution >= 4 is 5.97 Å². The lowest BCUT2D eigenvalue weighted by molar-refractivity contribution is -0.142. The summed E-state index contributed by atoms with van der Waals surface area (Å²) >= 11 is 0. The van der Waals surface area contributed by atoms with E-state index in [1.165, 1.54) is 51.4 Å². The summed E-state index contributed by atoms with van der Waals surface area (Å²) in [5, 5.41) is 9.24. The van der Waals surface area contributed by atoms with Crippen molar-refractivity contribution in [1.29, 1.82) is 0 Å². The smallest absolute Gasteiger partial charge is 0.308 e. The van der Waals surface area contributed by atoms with E-state index in [1.807, 2.05) is 0 Å². The highest BCUT2D eigenvalue weighted by Crippen LogP contribution is 2.50. The van der Waals surface area contributed by atoms with Gasteiger partial charge in [-0.2, -0.15) is 0 Å². The topological polar surface area (TPSA) is 40.5 Å². The molecule has 3 heteroatoms. The molecule has 3 rings (SSSR count). The first kappa shape index (κ1) is 13.4. The van der Waals surface area contributed by atoms with Crippen molar-refractivity contribution < 1.29 is 9.90 Å². The van der Waals surface area contributed by atoms with Gasteiger partial charge in [0.1, 0.15) is 0 Å². The van der Waals surface area contributed by atoms with Crippen molar-refractivity contribution in [2.45, 2.75) is 64.3 Å². The van der Waals surface area contributed by atoms with E-state index in [1.54, 1.807) is 0 Å². The van der Waals surface area contributed by atoms with Gasteiger partial charge >= 0.3 is 5.97 Å². The Morgan fingerprint density at radius 1 is 1.11 bits per heavy atom. The number of hydrogen-bond acceptors (Lipinski definition) is 2. The Hall–Kier alpha value is -0.570. The molecule has 0 aromatic rings. The second kappa shape index (κ2) is 5.08. The third-order valence-corrected chi connectivity index (χ3v) is 6.15. The van der Waals surface area contributed by atoms with Crippen molar-refractivity contribution in [3.8, 4) is 0 Å². The first-order valence-electron chi connectivity index (χ1n) is 8.06. The molecule has 3 nitrogen and oxygen atoms in total. The van der Waals surface area contributed by atoms with Gasteiger partial charge in [0, 0.05) is 19.1 Å². The normalized spacial score (nSPS) is 36.1. The average molecular weight is 265 g/mol. The largest absolute Gasteiger partial charge is 0.481 e. The molecule has 2 saturated carbocycles. The van der Waals surface area contributed by atoms with Gasteiger partial charge in [0.2, 0.25) is 0 Å². The van der Waals surface area contributed by atoms with Gasteiger partial charge in [0.05, 0.1) is 5.92 Å². The summed E-state index contributed by atoms with van der Waals surface area (Å²) in [6.45, 7) is 3.88. The molecule has 0 aromatic heterocycles. The molecule has 1 heterocycles. The maximum atomic E-state index is 11.2. The zero-order chi connectivity index (χ0) is 13.5. The number of carbonyl (C=O) groups is 1. The van der Waals surface area contributed by atoms with Crippen LogP contribution in [0, 0.1) is 17.3 Å². The van der Waals surface area contributed by atoms with Crippen molar-refractivity contribution in [1.82, 2.24) is 4.90 Å². The first-order chi connectivity index (χ1) is 9.10. The highest BCUT2D eigenvalue weighted by Gasteiger charge is 2.42. The summed E-state index contributed by atoms with van der Waals surface area (Å²) in [6.07, 6.45) is 11.2. The van der Waals surface area contributed by atoms with E-state index in [4.69, 9.17) is 0 Å². The molecule has 0 aromatic carbocycles. The van der Waals surface area contributed by atoms with Crippen LogP contribution in [0.15, 0.2) is 0 Å². The Balaban J connectivity index is 1.56. The monoisotopic (exact) mass is 265 g/mol. The van der Waals surface area contributed by atoms with Crippen molar-refractivity contribution in [2.75, 3.05) is 13.1 Å². The van der Waals surface area contributed by atoms with Crippen molar-refractivity contribution in [3.05, 3.63) is 0 Å². The lowest BCUT2D eigenvalue weighted by Crippen LogP contribution is -2.39. The van der Waals surface area contributed by atoms with Crippen LogP contribution in [-0.4, -0.2) is 35.1 Å². The van der Waals surface area contributed by atoms with Crippen LogP contribution >= 0.6 is 0 Å². The first-order valence-corrected chi connectivity index (χ1v) is 8.06. The third-order valence-electron chi connectivity index (χ3n) is 6.15. The molecule has 1 N–H and O–H groups in total. The van der Waals surface area contributed by atoms with Gasteiger partial charge in [-0.25, -0.2) is 0 Å². The highest BCUT2D eigenvalue weighted by atomic mass is 16.4. The van der Waals surface area contributed by atoms with E-state index in [0.29, 0.717) is 17.4 Å². The molecule has 2 unspecified atom stereocenters. The van der Waals surface area contributed by atoms with Crippen LogP contribution in [0.4, 0.5) is 0 Å². The van der Waals surface area contributed by atoms with Crippen LogP contribution in [0.1, 0.15) is 58.3 Å². The predicted octanol–water partition coefficient (Wildman–Crippen LogP) is 3.14. The minimum absolute atomic E-state index is 0.137. The zero-order valence-electron chi connectivity index (χ0n) is 12.1. The lowest BCUT2D eigenvalue weighted by Gasteiger charge is -2.40. The molecule has 19 heavy (non-hydrogen) atoms. The van der Waals surface area contributed by atoms with Crippen LogP contribution < -0.4 is 0 Å². The fourth-order valence-corrected chi connectivity index (χ4v) is 4.83. The molecule has 2 atom stereocenters. The quantitative estimate of drug-likeness (QED) is 0.834. The molecule has 3 aliphatic rings. The van der Waals surface area contributed by atoms with Gasteiger partial charge in [-0.3, -0.25) is 9.69 Å². The van der Waals surface area contributed by atoms with Crippen LogP contribution in [0.2, 0.25) is 0 Å². The Labute approximate surface area is 116 Å². The van der Waals surface area contributed by atoms with Crippen LogP contribution in [0.5, 0.6) is 0 Å². The van der Waals surface area contributed by atoms with Gasteiger partial charge < -0.3 is 5.11 Å². The highest BCUT2D eigenvalue weighted by molar-refractivity contribution is 5.71. The Morgan fingerprint density at radius 3 is 2.26 bits per heavy atom.